The van der Waals surface area contributed by atoms with Crippen LogP contribution in [0.5, 0.6) is 0 Å². The maximum atomic E-state index is 12.8. The van der Waals surface area contributed by atoms with Crippen LogP contribution in [0.25, 0.3) is 0 Å². The molecule has 3 rings (SSSR count). The molecule has 9 heteroatoms. The van der Waals surface area contributed by atoms with E-state index in [2.05, 4.69) is 27.4 Å². The van der Waals surface area contributed by atoms with Crippen molar-refractivity contribution in [3.05, 3.63) is 30.3 Å². The van der Waals surface area contributed by atoms with E-state index in [0.717, 1.165) is 44.5 Å². The second kappa shape index (κ2) is 13.7. The van der Waals surface area contributed by atoms with Crippen molar-refractivity contribution in [2.75, 3.05) is 46.3 Å². The molecule has 182 valence electrons. The summed E-state index contributed by atoms with van der Waals surface area (Å²) in [5.41, 5.74) is 0. The van der Waals surface area contributed by atoms with Crippen LogP contribution < -0.4 is 10.6 Å². The number of halogens is 1. The number of aliphatic imine (C=N–C) groups is 1. The summed E-state index contributed by atoms with van der Waals surface area (Å²) in [6.07, 6.45) is 6.94. The summed E-state index contributed by atoms with van der Waals surface area (Å²) in [6.45, 7) is 7.40. The number of nitrogens with one attached hydrogen (secondary N) is 2. The third-order valence-corrected chi connectivity index (χ3v) is 8.56. The first-order valence-corrected chi connectivity index (χ1v) is 13.2. The summed E-state index contributed by atoms with van der Waals surface area (Å²) in [6, 6.07) is 9.46. The molecular formula is C23H40IN5O2S. The first-order valence-electron chi connectivity index (χ1n) is 11.8. The Bertz CT molecular complexity index is 798. The molecule has 1 aromatic rings. The highest BCUT2D eigenvalue weighted by atomic mass is 127. The van der Waals surface area contributed by atoms with Crippen LogP contribution in [0.2, 0.25) is 0 Å². The highest BCUT2D eigenvalue weighted by molar-refractivity contribution is 14.0. The van der Waals surface area contributed by atoms with Crippen LogP contribution in [-0.2, 0) is 10.0 Å². The Morgan fingerprint density at radius 1 is 1.06 bits per heavy atom. The summed E-state index contributed by atoms with van der Waals surface area (Å²) < 4.78 is 27.2. The van der Waals surface area contributed by atoms with E-state index >= 15 is 0 Å². The first kappa shape index (κ1) is 27.3. The Balaban J connectivity index is 0.00000363. The van der Waals surface area contributed by atoms with Crippen LogP contribution >= 0.6 is 24.0 Å². The molecule has 2 aliphatic rings. The van der Waals surface area contributed by atoms with Crippen molar-refractivity contribution >= 4 is 40.0 Å². The van der Waals surface area contributed by atoms with E-state index < -0.39 is 10.0 Å². The number of benzene rings is 1. The summed E-state index contributed by atoms with van der Waals surface area (Å²) >= 11 is 0. The number of likely N-dealkylation sites (tertiary alicyclic amines) is 1. The second-order valence-electron chi connectivity index (χ2n) is 8.63. The fourth-order valence-corrected chi connectivity index (χ4v) is 6.18. The van der Waals surface area contributed by atoms with Gasteiger partial charge in [0.05, 0.1) is 4.90 Å². The van der Waals surface area contributed by atoms with Gasteiger partial charge in [0.25, 0.3) is 0 Å². The number of guanidine groups is 1. The predicted octanol–water partition coefficient (Wildman–Crippen LogP) is 3.13. The van der Waals surface area contributed by atoms with Crippen LogP contribution in [0, 0.1) is 5.92 Å². The molecule has 32 heavy (non-hydrogen) atoms. The fourth-order valence-electron chi connectivity index (χ4n) is 4.69. The van der Waals surface area contributed by atoms with Crippen molar-refractivity contribution < 1.29 is 8.42 Å². The molecule has 0 saturated carbocycles. The highest BCUT2D eigenvalue weighted by Gasteiger charge is 2.29. The predicted molar refractivity (Wildman–Crippen MR) is 142 cm³/mol. The average Bonchev–Trinajstić information content (AvgIpc) is 2.82. The van der Waals surface area contributed by atoms with E-state index in [9.17, 15) is 8.42 Å². The standard InChI is InChI=1S/C23H39N5O2S.HI/c1-3-21-9-7-8-15-27(21)18-14-25-23(24-2)26-19-20-12-16-28(17-13-20)31(29,30)22-10-5-4-6-11-22;/h4-6,10-11,20-21H,3,7-9,12-19H2,1-2H3,(H2,24,25,26);1H. The van der Waals surface area contributed by atoms with Crippen LogP contribution in [-0.4, -0.2) is 75.9 Å². The van der Waals surface area contributed by atoms with Gasteiger partial charge in [0.1, 0.15) is 0 Å². The summed E-state index contributed by atoms with van der Waals surface area (Å²) in [4.78, 5) is 7.35. The lowest BCUT2D eigenvalue weighted by atomic mass is 9.98. The van der Waals surface area contributed by atoms with Gasteiger partial charge in [-0.1, -0.05) is 31.5 Å². The molecule has 2 fully saturated rings. The third kappa shape index (κ3) is 7.56. The molecule has 1 aromatic carbocycles. The van der Waals surface area contributed by atoms with Crippen LogP contribution in [0.3, 0.4) is 0 Å². The molecule has 1 unspecified atom stereocenters. The van der Waals surface area contributed by atoms with Crippen LogP contribution in [0.15, 0.2) is 40.2 Å². The van der Waals surface area contributed by atoms with Gasteiger partial charge in [0.15, 0.2) is 5.96 Å². The molecule has 2 aliphatic heterocycles. The Morgan fingerprint density at radius 3 is 2.44 bits per heavy atom. The van der Waals surface area contributed by atoms with Gasteiger partial charge < -0.3 is 10.6 Å². The van der Waals surface area contributed by atoms with E-state index in [1.807, 2.05) is 6.07 Å². The lowest BCUT2D eigenvalue weighted by Gasteiger charge is -2.35. The van der Waals surface area contributed by atoms with Gasteiger partial charge in [-0.25, -0.2) is 8.42 Å². The maximum Gasteiger partial charge on any atom is 0.243 e. The quantitative estimate of drug-likeness (QED) is 0.282. The topological polar surface area (TPSA) is 77.0 Å². The minimum atomic E-state index is -3.38. The second-order valence-corrected chi connectivity index (χ2v) is 10.6. The number of sulfonamides is 1. The molecule has 0 bridgehead atoms. The van der Waals surface area contributed by atoms with E-state index in [1.54, 1.807) is 35.6 Å². The van der Waals surface area contributed by atoms with Crippen LogP contribution in [0.1, 0.15) is 45.4 Å². The van der Waals surface area contributed by atoms with Gasteiger partial charge >= 0.3 is 0 Å². The Hall–Kier alpha value is -0.910. The molecule has 0 spiro atoms. The molecule has 0 amide bonds. The number of rotatable bonds is 8. The fraction of sp³-hybridized carbons (Fsp3) is 0.696. The Kier molecular flexibility index (Phi) is 11.7. The zero-order chi connectivity index (χ0) is 22.1. The molecule has 1 atom stereocenters. The molecule has 7 nitrogen and oxygen atoms in total. The number of nitrogens with zero attached hydrogens (tertiary/aromatic N) is 3. The molecular weight excluding hydrogens is 537 g/mol. The SMILES string of the molecule is CCC1CCCCN1CCNC(=NC)NCC1CCN(S(=O)(=O)c2ccccc2)CC1.I. The van der Waals surface area contributed by atoms with Gasteiger partial charge in [-0.15, -0.1) is 24.0 Å². The Labute approximate surface area is 211 Å². The zero-order valence-corrected chi connectivity index (χ0v) is 22.6. The van der Waals surface area contributed by atoms with Gasteiger partial charge in [-0.3, -0.25) is 9.89 Å². The molecule has 2 saturated heterocycles. The Morgan fingerprint density at radius 2 is 1.78 bits per heavy atom. The molecule has 2 heterocycles. The lowest BCUT2D eigenvalue weighted by molar-refractivity contribution is 0.147. The van der Waals surface area contributed by atoms with Crippen molar-refractivity contribution in [3.63, 3.8) is 0 Å². The lowest BCUT2D eigenvalue weighted by Crippen LogP contribution is -2.47. The van der Waals surface area contributed by atoms with Gasteiger partial charge in [-0.2, -0.15) is 4.31 Å². The maximum absolute atomic E-state index is 12.8. The molecule has 0 radical (unpaired) electrons. The van der Waals surface area contributed by atoms with E-state index in [4.69, 9.17) is 0 Å². The number of piperidine rings is 2. The van der Waals surface area contributed by atoms with Gasteiger partial charge in [-0.05, 0) is 56.7 Å². The van der Waals surface area contributed by atoms with Crippen molar-refractivity contribution in [2.45, 2.75) is 56.4 Å². The monoisotopic (exact) mass is 577 g/mol. The smallest absolute Gasteiger partial charge is 0.243 e. The van der Waals surface area contributed by atoms with Crippen molar-refractivity contribution in [2.24, 2.45) is 10.9 Å². The average molecular weight is 578 g/mol. The first-order chi connectivity index (χ1) is 15.0. The van der Waals surface area contributed by atoms with Crippen molar-refractivity contribution in [1.82, 2.24) is 19.8 Å². The van der Waals surface area contributed by atoms with E-state index in [0.29, 0.717) is 23.9 Å². The third-order valence-electron chi connectivity index (χ3n) is 6.65. The van der Waals surface area contributed by atoms with Crippen molar-refractivity contribution in [3.8, 4) is 0 Å². The molecule has 2 N–H and O–H groups in total. The number of hydrogen-bond donors (Lipinski definition) is 2. The van der Waals surface area contributed by atoms with E-state index in [-0.39, 0.29) is 24.0 Å². The summed E-state index contributed by atoms with van der Waals surface area (Å²) in [5, 5.41) is 6.89. The number of hydrogen-bond acceptors (Lipinski definition) is 4. The van der Waals surface area contributed by atoms with E-state index in [1.165, 1.54) is 32.2 Å². The summed E-state index contributed by atoms with van der Waals surface area (Å²) in [7, 11) is -1.57. The normalized spacial score (nSPS) is 21.7. The van der Waals surface area contributed by atoms with Crippen LogP contribution in [0.4, 0.5) is 0 Å². The minimum absolute atomic E-state index is 0. The summed E-state index contributed by atoms with van der Waals surface area (Å²) in [5.74, 6) is 1.29. The van der Waals surface area contributed by atoms with Gasteiger partial charge in [0.2, 0.25) is 10.0 Å². The van der Waals surface area contributed by atoms with Gasteiger partial charge in [0, 0.05) is 45.8 Å². The largest absolute Gasteiger partial charge is 0.356 e. The van der Waals surface area contributed by atoms with Crippen molar-refractivity contribution in [1.29, 1.82) is 0 Å². The minimum Gasteiger partial charge on any atom is -0.356 e. The zero-order valence-electron chi connectivity index (χ0n) is 19.5. The molecule has 0 aliphatic carbocycles. The highest BCUT2D eigenvalue weighted by Crippen LogP contribution is 2.23. The molecule has 0 aromatic heterocycles.